The third-order valence-electron chi connectivity index (χ3n) is 2.28. The van der Waals surface area contributed by atoms with Gasteiger partial charge in [-0.25, -0.2) is 4.79 Å². The first-order valence-corrected chi connectivity index (χ1v) is 5.64. The van der Waals surface area contributed by atoms with E-state index >= 15 is 0 Å². The standard InChI is InChI=1S/C11H20N2O5/c1-11(2,12)6-5-8(14)13-7(10(17)18)3-4-9(15)16/h7H,3-6,12H2,1-2H3,(H,13,14)(H,15,16)(H,17,18)/t7-/m0/s1. The van der Waals surface area contributed by atoms with Crippen molar-refractivity contribution in [1.29, 1.82) is 0 Å². The van der Waals surface area contributed by atoms with E-state index in [9.17, 15) is 14.4 Å². The van der Waals surface area contributed by atoms with Crippen LogP contribution in [-0.4, -0.2) is 39.6 Å². The molecule has 0 saturated carbocycles. The Morgan fingerprint density at radius 1 is 1.22 bits per heavy atom. The second kappa shape index (κ2) is 6.95. The molecule has 1 atom stereocenters. The molecule has 0 unspecified atom stereocenters. The van der Waals surface area contributed by atoms with Crippen molar-refractivity contribution in [3.63, 3.8) is 0 Å². The van der Waals surface area contributed by atoms with E-state index in [-0.39, 0.29) is 19.3 Å². The Kier molecular flexibility index (Phi) is 6.32. The minimum Gasteiger partial charge on any atom is -0.481 e. The van der Waals surface area contributed by atoms with Gasteiger partial charge in [0.2, 0.25) is 5.91 Å². The van der Waals surface area contributed by atoms with Crippen LogP contribution in [0.3, 0.4) is 0 Å². The van der Waals surface area contributed by atoms with Gasteiger partial charge in [-0.3, -0.25) is 9.59 Å². The van der Waals surface area contributed by atoms with E-state index in [0.29, 0.717) is 6.42 Å². The lowest BCUT2D eigenvalue weighted by atomic mass is 10.00. The molecule has 0 aromatic rings. The summed E-state index contributed by atoms with van der Waals surface area (Å²) in [5.74, 6) is -2.78. The second-order valence-electron chi connectivity index (χ2n) is 4.88. The van der Waals surface area contributed by atoms with Gasteiger partial charge in [0, 0.05) is 18.4 Å². The highest BCUT2D eigenvalue weighted by molar-refractivity contribution is 5.83. The maximum absolute atomic E-state index is 11.5. The topological polar surface area (TPSA) is 130 Å². The number of hydrogen-bond acceptors (Lipinski definition) is 4. The Balaban J connectivity index is 4.20. The molecule has 0 fully saturated rings. The number of nitrogens with two attached hydrogens (primary N) is 1. The van der Waals surface area contributed by atoms with Gasteiger partial charge in [-0.05, 0) is 26.7 Å². The molecule has 0 aliphatic carbocycles. The fourth-order valence-corrected chi connectivity index (χ4v) is 1.23. The summed E-state index contributed by atoms with van der Waals surface area (Å²) < 4.78 is 0. The summed E-state index contributed by atoms with van der Waals surface area (Å²) in [6.07, 6.45) is 0.0898. The van der Waals surface area contributed by atoms with E-state index in [0.717, 1.165) is 0 Å². The quantitative estimate of drug-likeness (QED) is 0.483. The number of carboxylic acid groups (broad SMARTS) is 2. The van der Waals surface area contributed by atoms with Gasteiger partial charge in [0.15, 0.2) is 0 Å². The molecule has 7 nitrogen and oxygen atoms in total. The number of amides is 1. The SMILES string of the molecule is CC(C)(N)CCC(=O)N[C@@H](CCC(=O)O)C(=O)O. The van der Waals surface area contributed by atoms with Gasteiger partial charge in [0.1, 0.15) is 6.04 Å². The van der Waals surface area contributed by atoms with Gasteiger partial charge in [-0.15, -0.1) is 0 Å². The Morgan fingerprint density at radius 3 is 2.17 bits per heavy atom. The average Bonchev–Trinajstić information content (AvgIpc) is 2.19. The largest absolute Gasteiger partial charge is 0.481 e. The summed E-state index contributed by atoms with van der Waals surface area (Å²) in [5, 5.41) is 19.6. The minimum atomic E-state index is -1.24. The van der Waals surface area contributed by atoms with Crippen molar-refractivity contribution >= 4 is 17.8 Å². The van der Waals surface area contributed by atoms with Crippen LogP contribution in [0.1, 0.15) is 39.5 Å². The lowest BCUT2D eigenvalue weighted by Crippen LogP contribution is -2.42. The van der Waals surface area contributed by atoms with E-state index in [2.05, 4.69) is 5.32 Å². The molecule has 0 rings (SSSR count). The molecule has 0 spiro atoms. The Hall–Kier alpha value is -1.63. The summed E-state index contributed by atoms with van der Waals surface area (Å²) in [7, 11) is 0. The molecule has 104 valence electrons. The van der Waals surface area contributed by atoms with Crippen molar-refractivity contribution in [3.05, 3.63) is 0 Å². The maximum Gasteiger partial charge on any atom is 0.326 e. The van der Waals surface area contributed by atoms with Crippen LogP contribution in [0.15, 0.2) is 0 Å². The van der Waals surface area contributed by atoms with Gasteiger partial charge >= 0.3 is 11.9 Å². The highest BCUT2D eigenvalue weighted by atomic mass is 16.4. The van der Waals surface area contributed by atoms with E-state index in [1.54, 1.807) is 13.8 Å². The number of aliphatic carboxylic acids is 2. The first kappa shape index (κ1) is 16.4. The summed E-state index contributed by atoms with van der Waals surface area (Å²) in [6.45, 7) is 3.53. The molecule has 0 heterocycles. The van der Waals surface area contributed by atoms with Crippen molar-refractivity contribution in [2.75, 3.05) is 0 Å². The summed E-state index contributed by atoms with van der Waals surface area (Å²) in [4.78, 5) is 32.6. The van der Waals surface area contributed by atoms with E-state index in [1.807, 2.05) is 0 Å². The van der Waals surface area contributed by atoms with E-state index in [4.69, 9.17) is 15.9 Å². The minimum absolute atomic E-state index is 0.111. The third-order valence-corrected chi connectivity index (χ3v) is 2.28. The molecule has 18 heavy (non-hydrogen) atoms. The van der Waals surface area contributed by atoms with Crippen LogP contribution in [0, 0.1) is 0 Å². The van der Waals surface area contributed by atoms with Crippen molar-refractivity contribution in [2.45, 2.75) is 51.1 Å². The average molecular weight is 260 g/mol. The zero-order valence-corrected chi connectivity index (χ0v) is 10.6. The number of hydrogen-bond donors (Lipinski definition) is 4. The zero-order valence-electron chi connectivity index (χ0n) is 10.6. The monoisotopic (exact) mass is 260 g/mol. The van der Waals surface area contributed by atoms with Crippen LogP contribution >= 0.6 is 0 Å². The first-order valence-electron chi connectivity index (χ1n) is 5.64. The van der Waals surface area contributed by atoms with Crippen molar-refractivity contribution < 1.29 is 24.6 Å². The number of rotatable bonds is 8. The Morgan fingerprint density at radius 2 is 1.78 bits per heavy atom. The molecule has 7 heteroatoms. The fourth-order valence-electron chi connectivity index (χ4n) is 1.23. The lowest BCUT2D eigenvalue weighted by molar-refractivity contribution is -0.143. The summed E-state index contributed by atoms with van der Waals surface area (Å²) >= 11 is 0. The molecular formula is C11H20N2O5. The molecular weight excluding hydrogens is 240 g/mol. The van der Waals surface area contributed by atoms with Crippen LogP contribution < -0.4 is 11.1 Å². The molecule has 0 aromatic carbocycles. The van der Waals surface area contributed by atoms with E-state index in [1.165, 1.54) is 0 Å². The van der Waals surface area contributed by atoms with Gasteiger partial charge in [-0.2, -0.15) is 0 Å². The predicted octanol–water partition coefficient (Wildman–Crippen LogP) is -0.0619. The third kappa shape index (κ3) is 8.51. The highest BCUT2D eigenvalue weighted by Crippen LogP contribution is 2.07. The van der Waals surface area contributed by atoms with Gasteiger partial charge in [-0.1, -0.05) is 0 Å². The number of carboxylic acids is 2. The molecule has 5 N–H and O–H groups in total. The molecule has 0 radical (unpaired) electrons. The van der Waals surface area contributed by atoms with Crippen molar-refractivity contribution in [3.8, 4) is 0 Å². The van der Waals surface area contributed by atoms with Gasteiger partial charge in [0.25, 0.3) is 0 Å². The molecule has 1 amide bonds. The normalized spacial score (nSPS) is 12.8. The molecule has 0 aliphatic heterocycles. The highest BCUT2D eigenvalue weighted by Gasteiger charge is 2.21. The van der Waals surface area contributed by atoms with Crippen LogP contribution in [-0.2, 0) is 14.4 Å². The van der Waals surface area contributed by atoms with Gasteiger partial charge in [0.05, 0.1) is 0 Å². The van der Waals surface area contributed by atoms with Gasteiger partial charge < -0.3 is 21.3 Å². The number of carbonyl (C=O) groups excluding carboxylic acids is 1. The lowest BCUT2D eigenvalue weighted by Gasteiger charge is -2.19. The zero-order chi connectivity index (χ0) is 14.3. The van der Waals surface area contributed by atoms with Crippen LogP contribution in [0.5, 0.6) is 0 Å². The summed E-state index contributed by atoms with van der Waals surface area (Å²) in [6, 6.07) is -1.17. The van der Waals surface area contributed by atoms with Crippen LogP contribution in [0.25, 0.3) is 0 Å². The van der Waals surface area contributed by atoms with Crippen molar-refractivity contribution in [2.24, 2.45) is 5.73 Å². The molecule has 0 bridgehead atoms. The number of nitrogens with one attached hydrogen (secondary N) is 1. The van der Waals surface area contributed by atoms with E-state index < -0.39 is 29.4 Å². The predicted molar refractivity (Wildman–Crippen MR) is 63.9 cm³/mol. The molecule has 0 aliphatic rings. The second-order valence-corrected chi connectivity index (χ2v) is 4.88. The smallest absolute Gasteiger partial charge is 0.326 e. The maximum atomic E-state index is 11.5. The molecule has 0 saturated heterocycles. The Labute approximate surface area is 105 Å². The van der Waals surface area contributed by atoms with Crippen LogP contribution in [0.4, 0.5) is 0 Å². The first-order chi connectivity index (χ1) is 8.11. The Bertz CT molecular complexity index is 322. The summed E-state index contributed by atoms with van der Waals surface area (Å²) in [5.41, 5.74) is 5.20. The van der Waals surface area contributed by atoms with Crippen molar-refractivity contribution in [1.82, 2.24) is 5.32 Å². The fraction of sp³-hybridized carbons (Fsp3) is 0.727. The molecule has 0 aromatic heterocycles. The van der Waals surface area contributed by atoms with Crippen LogP contribution in [0.2, 0.25) is 0 Å². The number of carbonyl (C=O) groups is 3.